The number of rotatable bonds is 2. The van der Waals surface area contributed by atoms with E-state index in [9.17, 15) is 9.18 Å². The van der Waals surface area contributed by atoms with Crippen molar-refractivity contribution < 1.29 is 9.18 Å². The van der Waals surface area contributed by atoms with Crippen LogP contribution in [0.3, 0.4) is 0 Å². The second-order valence-corrected chi connectivity index (χ2v) is 3.93. The number of hydrogen-bond donors (Lipinski definition) is 2. The largest absolute Gasteiger partial charge is 0.394 e. The van der Waals surface area contributed by atoms with Gasteiger partial charge in [-0.1, -0.05) is 0 Å². The summed E-state index contributed by atoms with van der Waals surface area (Å²) < 4.78 is 14.2. The monoisotopic (exact) mass is 248 g/mol. The third-order valence-electron chi connectivity index (χ3n) is 2.61. The molecule has 0 aliphatic rings. The van der Waals surface area contributed by atoms with Crippen LogP contribution in [-0.4, -0.2) is 15.7 Å². The summed E-state index contributed by atoms with van der Waals surface area (Å²) in [5.74, 6) is -0.311. The van der Waals surface area contributed by atoms with Crippen LogP contribution in [0.4, 0.5) is 15.9 Å². The zero-order valence-corrected chi connectivity index (χ0v) is 10.1. The summed E-state index contributed by atoms with van der Waals surface area (Å²) >= 11 is 0. The summed E-state index contributed by atoms with van der Waals surface area (Å²) in [5, 5.41) is 6.74. The van der Waals surface area contributed by atoms with Crippen LogP contribution in [0.1, 0.15) is 16.1 Å². The lowest BCUT2D eigenvalue weighted by Crippen LogP contribution is -2.15. The van der Waals surface area contributed by atoms with Crippen LogP contribution in [0.5, 0.6) is 0 Å². The molecule has 94 valence electrons. The topological polar surface area (TPSA) is 72.9 Å². The molecule has 0 unspecified atom stereocenters. The highest BCUT2D eigenvalue weighted by molar-refractivity contribution is 6.05. The molecule has 0 saturated carbocycles. The van der Waals surface area contributed by atoms with Gasteiger partial charge in [0.25, 0.3) is 5.91 Å². The molecule has 0 bridgehead atoms. The molecule has 0 aliphatic carbocycles. The minimum absolute atomic E-state index is 0.356. The SMILES string of the molecule is Cc1nn(C)c(NC(=O)c2ccc(F)cc2)c1N. The van der Waals surface area contributed by atoms with Crippen LogP contribution in [0.25, 0.3) is 0 Å². The third-order valence-corrected chi connectivity index (χ3v) is 2.61. The first-order chi connectivity index (χ1) is 8.49. The van der Waals surface area contributed by atoms with Gasteiger partial charge in [0, 0.05) is 12.6 Å². The van der Waals surface area contributed by atoms with Gasteiger partial charge in [0.2, 0.25) is 0 Å². The Kier molecular flexibility index (Phi) is 3.01. The summed E-state index contributed by atoms with van der Waals surface area (Å²) in [6.45, 7) is 1.75. The van der Waals surface area contributed by atoms with Crippen molar-refractivity contribution in [2.24, 2.45) is 7.05 Å². The van der Waals surface area contributed by atoms with Crippen LogP contribution < -0.4 is 11.1 Å². The molecular weight excluding hydrogens is 235 g/mol. The van der Waals surface area contributed by atoms with E-state index < -0.39 is 0 Å². The Balaban J connectivity index is 2.24. The normalized spacial score (nSPS) is 10.4. The Morgan fingerprint density at radius 3 is 2.50 bits per heavy atom. The number of amides is 1. The second-order valence-electron chi connectivity index (χ2n) is 3.93. The molecule has 5 nitrogen and oxygen atoms in total. The number of nitrogen functional groups attached to an aromatic ring is 1. The van der Waals surface area contributed by atoms with Crippen molar-refractivity contribution >= 4 is 17.4 Å². The summed E-state index contributed by atoms with van der Waals surface area (Å²) in [7, 11) is 1.68. The third kappa shape index (κ3) is 2.17. The van der Waals surface area contributed by atoms with Crippen molar-refractivity contribution in [3.05, 3.63) is 41.3 Å². The molecule has 3 N–H and O–H groups in total. The maximum absolute atomic E-state index is 12.7. The fourth-order valence-electron chi connectivity index (χ4n) is 1.60. The van der Waals surface area contributed by atoms with Crippen molar-refractivity contribution in [3.63, 3.8) is 0 Å². The van der Waals surface area contributed by atoms with Gasteiger partial charge >= 0.3 is 0 Å². The Bertz CT molecular complexity index is 589. The minimum Gasteiger partial charge on any atom is -0.394 e. The van der Waals surface area contributed by atoms with E-state index in [0.717, 1.165) is 0 Å². The fourth-order valence-corrected chi connectivity index (χ4v) is 1.60. The molecule has 0 saturated heterocycles. The van der Waals surface area contributed by atoms with Crippen LogP contribution in [0, 0.1) is 12.7 Å². The Hall–Kier alpha value is -2.37. The molecular formula is C12H13FN4O. The fraction of sp³-hybridized carbons (Fsp3) is 0.167. The number of nitrogens with one attached hydrogen (secondary N) is 1. The number of carbonyl (C=O) groups is 1. The van der Waals surface area contributed by atoms with E-state index in [2.05, 4.69) is 10.4 Å². The van der Waals surface area contributed by atoms with E-state index in [1.807, 2.05) is 0 Å². The standard InChI is InChI=1S/C12H13FN4O/c1-7-10(14)11(17(2)16-7)15-12(18)8-3-5-9(13)6-4-8/h3-6H,14H2,1-2H3,(H,15,18). The van der Waals surface area contributed by atoms with Gasteiger partial charge in [-0.25, -0.2) is 4.39 Å². The summed E-state index contributed by atoms with van der Waals surface area (Å²) in [4.78, 5) is 11.9. The zero-order chi connectivity index (χ0) is 13.3. The lowest BCUT2D eigenvalue weighted by atomic mass is 10.2. The van der Waals surface area contributed by atoms with Gasteiger partial charge < -0.3 is 11.1 Å². The molecule has 0 aliphatic heterocycles. The quantitative estimate of drug-likeness (QED) is 0.849. The first kappa shape index (κ1) is 12.1. The minimum atomic E-state index is -0.387. The average Bonchev–Trinajstić information content (AvgIpc) is 2.57. The van der Waals surface area contributed by atoms with Crippen LogP contribution in [0.2, 0.25) is 0 Å². The number of nitrogens with two attached hydrogens (primary N) is 1. The number of carbonyl (C=O) groups excluding carboxylic acids is 1. The smallest absolute Gasteiger partial charge is 0.256 e. The van der Waals surface area contributed by atoms with Gasteiger partial charge in [-0.05, 0) is 31.2 Å². The highest BCUT2D eigenvalue weighted by Crippen LogP contribution is 2.21. The lowest BCUT2D eigenvalue weighted by Gasteiger charge is -2.06. The Labute approximate surface area is 103 Å². The van der Waals surface area contributed by atoms with Gasteiger partial charge in [-0.3, -0.25) is 9.48 Å². The Morgan fingerprint density at radius 2 is 2.00 bits per heavy atom. The van der Waals surface area contributed by atoms with Gasteiger partial charge in [0.1, 0.15) is 5.82 Å². The van der Waals surface area contributed by atoms with Crippen LogP contribution in [0.15, 0.2) is 24.3 Å². The summed E-state index contributed by atoms with van der Waals surface area (Å²) in [5.41, 5.74) is 7.22. The molecule has 1 aromatic carbocycles. The van der Waals surface area contributed by atoms with E-state index in [1.54, 1.807) is 14.0 Å². The van der Waals surface area contributed by atoms with Crippen LogP contribution in [-0.2, 0) is 7.05 Å². The molecule has 0 fully saturated rings. The molecule has 0 spiro atoms. The molecule has 6 heteroatoms. The molecule has 1 heterocycles. The Morgan fingerprint density at radius 1 is 1.39 bits per heavy atom. The predicted octanol–water partition coefficient (Wildman–Crippen LogP) is 1.70. The molecule has 2 aromatic rings. The van der Waals surface area contributed by atoms with Gasteiger partial charge in [0.15, 0.2) is 5.82 Å². The van der Waals surface area contributed by atoms with E-state index in [-0.39, 0.29) is 11.7 Å². The van der Waals surface area contributed by atoms with E-state index in [0.29, 0.717) is 22.8 Å². The molecule has 1 amide bonds. The zero-order valence-electron chi connectivity index (χ0n) is 10.1. The number of hydrogen-bond acceptors (Lipinski definition) is 3. The molecule has 0 radical (unpaired) electrons. The van der Waals surface area contributed by atoms with Crippen molar-refractivity contribution in [2.75, 3.05) is 11.1 Å². The van der Waals surface area contributed by atoms with Crippen molar-refractivity contribution in [2.45, 2.75) is 6.92 Å². The average molecular weight is 248 g/mol. The molecule has 0 atom stereocenters. The molecule has 1 aromatic heterocycles. The van der Waals surface area contributed by atoms with Crippen molar-refractivity contribution in [1.29, 1.82) is 0 Å². The molecule has 18 heavy (non-hydrogen) atoms. The maximum Gasteiger partial charge on any atom is 0.256 e. The number of aromatic nitrogens is 2. The van der Waals surface area contributed by atoms with Crippen molar-refractivity contribution in [1.82, 2.24) is 9.78 Å². The summed E-state index contributed by atoms with van der Waals surface area (Å²) in [6, 6.07) is 5.27. The number of nitrogens with zero attached hydrogens (tertiary/aromatic N) is 2. The number of halogens is 1. The molecule has 2 rings (SSSR count). The van der Waals surface area contributed by atoms with Crippen LogP contribution >= 0.6 is 0 Å². The van der Waals surface area contributed by atoms with E-state index >= 15 is 0 Å². The first-order valence-corrected chi connectivity index (χ1v) is 5.35. The lowest BCUT2D eigenvalue weighted by molar-refractivity contribution is 0.102. The van der Waals surface area contributed by atoms with Gasteiger partial charge in [-0.15, -0.1) is 0 Å². The van der Waals surface area contributed by atoms with E-state index in [1.165, 1.54) is 28.9 Å². The van der Waals surface area contributed by atoms with E-state index in [4.69, 9.17) is 5.73 Å². The van der Waals surface area contributed by atoms with Gasteiger partial charge in [0.05, 0.1) is 11.4 Å². The second kappa shape index (κ2) is 4.48. The first-order valence-electron chi connectivity index (χ1n) is 5.35. The van der Waals surface area contributed by atoms with Gasteiger partial charge in [-0.2, -0.15) is 5.10 Å². The van der Waals surface area contributed by atoms with Crippen molar-refractivity contribution in [3.8, 4) is 0 Å². The maximum atomic E-state index is 12.7. The number of anilines is 2. The predicted molar refractivity (Wildman–Crippen MR) is 66.7 cm³/mol. The number of benzene rings is 1. The summed E-state index contributed by atoms with van der Waals surface area (Å²) in [6.07, 6.45) is 0. The number of aryl methyl sites for hydroxylation is 2. The highest BCUT2D eigenvalue weighted by Gasteiger charge is 2.14. The highest BCUT2D eigenvalue weighted by atomic mass is 19.1.